The zero-order chi connectivity index (χ0) is 14.4. The van der Waals surface area contributed by atoms with Crippen molar-refractivity contribution in [2.75, 3.05) is 20.8 Å². The van der Waals surface area contributed by atoms with Gasteiger partial charge < -0.3 is 19.9 Å². The lowest BCUT2D eigenvalue weighted by Gasteiger charge is -2.19. The van der Waals surface area contributed by atoms with E-state index in [1.165, 1.54) is 7.11 Å². The van der Waals surface area contributed by atoms with Crippen LogP contribution < -0.4 is 14.8 Å². The first kappa shape index (κ1) is 15.7. The lowest BCUT2D eigenvalue weighted by atomic mass is 10.1. The van der Waals surface area contributed by atoms with Crippen LogP contribution in [-0.4, -0.2) is 38.4 Å². The van der Waals surface area contributed by atoms with Crippen LogP contribution >= 0.6 is 0 Å². The Bertz CT molecular complexity index is 401. The van der Waals surface area contributed by atoms with Gasteiger partial charge in [0.1, 0.15) is 17.6 Å². The Morgan fingerprint density at radius 1 is 1.26 bits per heavy atom. The van der Waals surface area contributed by atoms with Gasteiger partial charge in [0.25, 0.3) is 6.43 Å². The SMILES string of the molecule is COc1ccc(OC)c(C(C)NCC(O)C(F)F)c1. The number of nitrogens with one attached hydrogen (secondary N) is 1. The number of methoxy groups -OCH3 is 2. The summed E-state index contributed by atoms with van der Waals surface area (Å²) in [5, 5.41) is 11.9. The van der Waals surface area contributed by atoms with Gasteiger partial charge in [0.15, 0.2) is 0 Å². The topological polar surface area (TPSA) is 50.7 Å². The molecule has 2 atom stereocenters. The van der Waals surface area contributed by atoms with Gasteiger partial charge in [-0.15, -0.1) is 0 Å². The third kappa shape index (κ3) is 4.33. The van der Waals surface area contributed by atoms with Crippen LogP contribution in [0.5, 0.6) is 11.5 Å². The van der Waals surface area contributed by atoms with Crippen molar-refractivity contribution in [3.8, 4) is 11.5 Å². The van der Waals surface area contributed by atoms with Crippen molar-refractivity contribution < 1.29 is 23.4 Å². The van der Waals surface area contributed by atoms with Gasteiger partial charge in [-0.3, -0.25) is 0 Å². The minimum Gasteiger partial charge on any atom is -0.497 e. The van der Waals surface area contributed by atoms with Crippen molar-refractivity contribution in [3.63, 3.8) is 0 Å². The molecule has 0 saturated heterocycles. The monoisotopic (exact) mass is 275 g/mol. The molecule has 0 amide bonds. The Kier molecular flexibility index (Phi) is 5.98. The van der Waals surface area contributed by atoms with Gasteiger partial charge in [-0.1, -0.05) is 0 Å². The van der Waals surface area contributed by atoms with Crippen LogP contribution in [-0.2, 0) is 0 Å². The standard InChI is InChI=1S/C13H19F2NO3/c1-8(16-7-11(17)13(14)15)10-6-9(18-2)4-5-12(10)19-3/h4-6,8,11,13,16-17H,7H2,1-3H3. The summed E-state index contributed by atoms with van der Waals surface area (Å²) in [6, 6.07) is 5.02. The summed E-state index contributed by atoms with van der Waals surface area (Å²) in [6.45, 7) is 1.61. The molecule has 0 aliphatic carbocycles. The van der Waals surface area contributed by atoms with Crippen molar-refractivity contribution >= 4 is 0 Å². The number of ether oxygens (including phenoxy) is 2. The highest BCUT2D eigenvalue weighted by Crippen LogP contribution is 2.29. The summed E-state index contributed by atoms with van der Waals surface area (Å²) in [6.07, 6.45) is -4.44. The van der Waals surface area contributed by atoms with Crippen molar-refractivity contribution in [2.45, 2.75) is 25.5 Å². The van der Waals surface area contributed by atoms with Crippen LogP contribution in [0.1, 0.15) is 18.5 Å². The molecular formula is C13H19F2NO3. The second kappa shape index (κ2) is 7.25. The first-order chi connectivity index (χ1) is 8.99. The van der Waals surface area contributed by atoms with E-state index < -0.39 is 12.5 Å². The molecule has 108 valence electrons. The third-order valence-corrected chi connectivity index (χ3v) is 2.83. The average Bonchev–Trinajstić information content (AvgIpc) is 2.43. The maximum atomic E-state index is 12.2. The summed E-state index contributed by atoms with van der Waals surface area (Å²) >= 11 is 0. The summed E-state index contributed by atoms with van der Waals surface area (Å²) in [7, 11) is 3.08. The minimum absolute atomic E-state index is 0.195. The summed E-state index contributed by atoms with van der Waals surface area (Å²) in [4.78, 5) is 0. The fourth-order valence-electron chi connectivity index (χ4n) is 1.67. The van der Waals surface area contributed by atoms with Crippen LogP contribution in [0.4, 0.5) is 8.78 Å². The van der Waals surface area contributed by atoms with E-state index in [4.69, 9.17) is 14.6 Å². The van der Waals surface area contributed by atoms with E-state index in [0.29, 0.717) is 11.5 Å². The van der Waals surface area contributed by atoms with Gasteiger partial charge >= 0.3 is 0 Å². The fraction of sp³-hybridized carbons (Fsp3) is 0.538. The Morgan fingerprint density at radius 3 is 2.47 bits per heavy atom. The molecule has 4 nitrogen and oxygen atoms in total. The van der Waals surface area contributed by atoms with Crippen molar-refractivity contribution in [2.24, 2.45) is 0 Å². The number of halogens is 2. The first-order valence-corrected chi connectivity index (χ1v) is 5.91. The Morgan fingerprint density at radius 2 is 1.95 bits per heavy atom. The summed E-state index contributed by atoms with van der Waals surface area (Å²) in [5.41, 5.74) is 0.781. The first-order valence-electron chi connectivity index (χ1n) is 5.91. The van der Waals surface area contributed by atoms with Gasteiger partial charge in [0.2, 0.25) is 0 Å². The highest BCUT2D eigenvalue weighted by molar-refractivity contribution is 5.42. The quantitative estimate of drug-likeness (QED) is 0.799. The van der Waals surface area contributed by atoms with Gasteiger partial charge in [0.05, 0.1) is 14.2 Å². The third-order valence-electron chi connectivity index (χ3n) is 2.83. The number of alkyl halides is 2. The molecule has 1 aromatic rings. The van der Waals surface area contributed by atoms with Gasteiger partial charge in [-0.25, -0.2) is 8.78 Å². The maximum absolute atomic E-state index is 12.2. The number of benzene rings is 1. The molecule has 0 saturated carbocycles. The van der Waals surface area contributed by atoms with Crippen molar-refractivity contribution in [1.29, 1.82) is 0 Å². The van der Waals surface area contributed by atoms with Gasteiger partial charge in [-0.05, 0) is 25.1 Å². The molecule has 2 unspecified atom stereocenters. The summed E-state index contributed by atoms with van der Waals surface area (Å²) in [5.74, 6) is 1.28. The molecule has 0 aliphatic heterocycles. The Labute approximate surface area is 111 Å². The molecule has 0 fully saturated rings. The number of aliphatic hydroxyl groups is 1. The number of hydrogen-bond acceptors (Lipinski definition) is 4. The highest BCUT2D eigenvalue weighted by atomic mass is 19.3. The molecule has 2 N–H and O–H groups in total. The van der Waals surface area contributed by atoms with E-state index in [9.17, 15) is 8.78 Å². The lowest BCUT2D eigenvalue weighted by molar-refractivity contribution is -0.00442. The molecule has 0 heterocycles. The van der Waals surface area contributed by atoms with Crippen LogP contribution in [0, 0.1) is 0 Å². The van der Waals surface area contributed by atoms with E-state index in [1.807, 2.05) is 0 Å². The maximum Gasteiger partial charge on any atom is 0.265 e. The fourth-order valence-corrected chi connectivity index (χ4v) is 1.67. The zero-order valence-electron chi connectivity index (χ0n) is 11.2. The smallest absolute Gasteiger partial charge is 0.265 e. The van der Waals surface area contributed by atoms with Crippen molar-refractivity contribution in [3.05, 3.63) is 23.8 Å². The second-order valence-corrected chi connectivity index (χ2v) is 4.14. The molecule has 1 aromatic carbocycles. The van der Waals surface area contributed by atoms with Gasteiger partial charge in [0, 0.05) is 18.2 Å². The van der Waals surface area contributed by atoms with Crippen LogP contribution in [0.2, 0.25) is 0 Å². The van der Waals surface area contributed by atoms with Crippen LogP contribution in [0.15, 0.2) is 18.2 Å². The van der Waals surface area contributed by atoms with Gasteiger partial charge in [-0.2, -0.15) is 0 Å². The molecular weight excluding hydrogens is 256 g/mol. The molecule has 0 spiro atoms. The largest absolute Gasteiger partial charge is 0.497 e. The minimum atomic E-state index is -2.76. The number of aliphatic hydroxyl groups excluding tert-OH is 1. The van der Waals surface area contributed by atoms with E-state index in [-0.39, 0.29) is 12.6 Å². The zero-order valence-corrected chi connectivity index (χ0v) is 11.2. The Hall–Kier alpha value is -1.40. The van der Waals surface area contributed by atoms with E-state index >= 15 is 0 Å². The van der Waals surface area contributed by atoms with E-state index in [2.05, 4.69) is 5.32 Å². The van der Waals surface area contributed by atoms with E-state index in [0.717, 1.165) is 5.56 Å². The predicted octanol–water partition coefficient (Wildman–Crippen LogP) is 1.98. The molecule has 0 radical (unpaired) electrons. The summed E-state index contributed by atoms with van der Waals surface area (Å²) < 4.78 is 34.8. The highest BCUT2D eigenvalue weighted by Gasteiger charge is 2.19. The predicted molar refractivity (Wildman–Crippen MR) is 68.0 cm³/mol. The molecule has 6 heteroatoms. The molecule has 0 aliphatic rings. The molecule has 19 heavy (non-hydrogen) atoms. The molecule has 0 bridgehead atoms. The van der Waals surface area contributed by atoms with E-state index in [1.54, 1.807) is 32.2 Å². The number of hydrogen-bond donors (Lipinski definition) is 2. The second-order valence-electron chi connectivity index (χ2n) is 4.14. The normalized spacial score (nSPS) is 14.3. The molecule has 1 rings (SSSR count). The Balaban J connectivity index is 2.77. The average molecular weight is 275 g/mol. The van der Waals surface area contributed by atoms with Crippen LogP contribution in [0.3, 0.4) is 0 Å². The van der Waals surface area contributed by atoms with Crippen LogP contribution in [0.25, 0.3) is 0 Å². The van der Waals surface area contributed by atoms with Crippen molar-refractivity contribution in [1.82, 2.24) is 5.32 Å². The lowest BCUT2D eigenvalue weighted by Crippen LogP contribution is -2.33. The number of rotatable bonds is 7. The molecule has 0 aromatic heterocycles.